The van der Waals surface area contributed by atoms with Gasteiger partial charge in [0.1, 0.15) is 5.82 Å². The van der Waals surface area contributed by atoms with Crippen molar-refractivity contribution in [3.05, 3.63) is 24.4 Å². The predicted molar refractivity (Wildman–Crippen MR) is 89.4 cm³/mol. The summed E-state index contributed by atoms with van der Waals surface area (Å²) in [7, 11) is 0. The van der Waals surface area contributed by atoms with Gasteiger partial charge in [-0.25, -0.2) is 9.78 Å². The first-order chi connectivity index (χ1) is 11.1. The third-order valence-electron chi connectivity index (χ3n) is 5.00. The van der Waals surface area contributed by atoms with Crippen LogP contribution in [-0.2, 0) is 0 Å². The van der Waals surface area contributed by atoms with Gasteiger partial charge in [0.15, 0.2) is 0 Å². The molecule has 2 fully saturated rings. The second-order valence-corrected chi connectivity index (χ2v) is 6.63. The minimum atomic E-state index is -0.276. The summed E-state index contributed by atoms with van der Waals surface area (Å²) in [5.41, 5.74) is 0. The molecule has 2 amide bonds. The number of amides is 2. The molecule has 2 unspecified atom stereocenters. The van der Waals surface area contributed by atoms with Crippen molar-refractivity contribution >= 4 is 11.8 Å². The lowest BCUT2D eigenvalue weighted by Gasteiger charge is -2.34. The summed E-state index contributed by atoms with van der Waals surface area (Å²) < 4.78 is 0. The minimum absolute atomic E-state index is 0.0295. The number of anilines is 1. The topological polar surface area (TPSA) is 68.7 Å². The molecular weight excluding hydrogens is 292 g/mol. The quantitative estimate of drug-likeness (QED) is 0.885. The van der Waals surface area contributed by atoms with Crippen molar-refractivity contribution < 1.29 is 9.90 Å². The van der Waals surface area contributed by atoms with E-state index in [2.05, 4.69) is 15.2 Å². The number of rotatable bonds is 3. The maximum atomic E-state index is 12.4. The van der Waals surface area contributed by atoms with E-state index in [1.54, 1.807) is 6.20 Å². The molecule has 23 heavy (non-hydrogen) atoms. The summed E-state index contributed by atoms with van der Waals surface area (Å²) in [5.74, 6) is 1.30. The Hall–Kier alpha value is -1.82. The summed E-state index contributed by atoms with van der Waals surface area (Å²) in [5, 5.41) is 12.8. The fourth-order valence-corrected chi connectivity index (χ4v) is 3.48. The van der Waals surface area contributed by atoms with Crippen LogP contribution in [-0.4, -0.2) is 59.3 Å². The molecule has 2 atom stereocenters. The standard InChI is InChI=1S/C17H26N4O2/c1-13(22)14-5-9-20(10-6-14)17(23)19-15-7-11-21(12-15)16-4-2-3-8-18-16/h2-4,8,13-15,22H,5-7,9-12H2,1H3,(H,19,23). The predicted octanol–water partition coefficient (Wildman–Crippen LogP) is 1.46. The molecular formula is C17H26N4O2. The molecule has 2 aliphatic heterocycles. The van der Waals surface area contributed by atoms with Gasteiger partial charge in [-0.2, -0.15) is 0 Å². The van der Waals surface area contributed by atoms with Gasteiger partial charge >= 0.3 is 6.03 Å². The zero-order chi connectivity index (χ0) is 16.2. The van der Waals surface area contributed by atoms with E-state index in [4.69, 9.17) is 0 Å². The number of hydrogen-bond acceptors (Lipinski definition) is 4. The monoisotopic (exact) mass is 318 g/mol. The van der Waals surface area contributed by atoms with Crippen LogP contribution in [0.25, 0.3) is 0 Å². The van der Waals surface area contributed by atoms with Gasteiger partial charge in [-0.15, -0.1) is 0 Å². The molecule has 2 N–H and O–H groups in total. The number of carbonyl (C=O) groups excluding carboxylic acids is 1. The van der Waals surface area contributed by atoms with Gasteiger partial charge in [-0.05, 0) is 44.2 Å². The Morgan fingerprint density at radius 1 is 1.30 bits per heavy atom. The molecule has 2 aliphatic rings. The zero-order valence-corrected chi connectivity index (χ0v) is 13.7. The third kappa shape index (κ3) is 3.93. The summed E-state index contributed by atoms with van der Waals surface area (Å²) in [6, 6.07) is 6.11. The molecule has 0 aromatic carbocycles. The highest BCUT2D eigenvalue weighted by Crippen LogP contribution is 2.21. The summed E-state index contributed by atoms with van der Waals surface area (Å²) in [4.78, 5) is 20.9. The van der Waals surface area contributed by atoms with Crippen molar-refractivity contribution in [2.45, 2.75) is 38.3 Å². The first kappa shape index (κ1) is 16.1. The molecule has 0 bridgehead atoms. The Morgan fingerprint density at radius 3 is 2.74 bits per heavy atom. The van der Waals surface area contributed by atoms with Gasteiger partial charge in [0.25, 0.3) is 0 Å². The van der Waals surface area contributed by atoms with E-state index in [1.165, 1.54) is 0 Å². The molecule has 3 rings (SSSR count). The van der Waals surface area contributed by atoms with Crippen molar-refractivity contribution in [3.63, 3.8) is 0 Å². The van der Waals surface area contributed by atoms with Gasteiger partial charge in [0, 0.05) is 38.4 Å². The van der Waals surface area contributed by atoms with Crippen LogP contribution in [0.15, 0.2) is 24.4 Å². The molecule has 1 aromatic rings. The van der Waals surface area contributed by atoms with Gasteiger partial charge in [-0.3, -0.25) is 0 Å². The molecule has 6 nitrogen and oxygen atoms in total. The Bertz CT molecular complexity index is 515. The Labute approximate surface area is 137 Å². The average Bonchev–Trinajstić information content (AvgIpc) is 3.04. The molecule has 0 saturated carbocycles. The number of likely N-dealkylation sites (tertiary alicyclic amines) is 1. The lowest BCUT2D eigenvalue weighted by molar-refractivity contribution is 0.0794. The van der Waals surface area contributed by atoms with Crippen LogP contribution >= 0.6 is 0 Å². The Kier molecular flexibility index (Phi) is 5.00. The van der Waals surface area contributed by atoms with Crippen LogP contribution in [0.5, 0.6) is 0 Å². The second-order valence-electron chi connectivity index (χ2n) is 6.63. The van der Waals surface area contributed by atoms with Gasteiger partial charge in [-0.1, -0.05) is 6.07 Å². The number of nitrogens with one attached hydrogen (secondary N) is 1. The third-order valence-corrected chi connectivity index (χ3v) is 5.00. The zero-order valence-electron chi connectivity index (χ0n) is 13.7. The van der Waals surface area contributed by atoms with E-state index in [-0.39, 0.29) is 18.2 Å². The minimum Gasteiger partial charge on any atom is -0.393 e. The van der Waals surface area contributed by atoms with Crippen molar-refractivity contribution in [2.75, 3.05) is 31.1 Å². The lowest BCUT2D eigenvalue weighted by Crippen LogP contribution is -2.49. The average molecular weight is 318 g/mol. The molecule has 0 aliphatic carbocycles. The fourth-order valence-electron chi connectivity index (χ4n) is 3.48. The maximum Gasteiger partial charge on any atom is 0.317 e. The van der Waals surface area contributed by atoms with Crippen LogP contribution in [0.3, 0.4) is 0 Å². The van der Waals surface area contributed by atoms with Crippen LogP contribution in [0.1, 0.15) is 26.2 Å². The van der Waals surface area contributed by atoms with Crippen LogP contribution in [0.2, 0.25) is 0 Å². The Balaban J connectivity index is 1.46. The summed E-state index contributed by atoms with van der Waals surface area (Å²) >= 11 is 0. The van der Waals surface area contributed by atoms with Crippen LogP contribution < -0.4 is 10.2 Å². The highest BCUT2D eigenvalue weighted by Gasteiger charge is 2.29. The largest absolute Gasteiger partial charge is 0.393 e. The molecule has 126 valence electrons. The van der Waals surface area contributed by atoms with Crippen LogP contribution in [0, 0.1) is 5.92 Å². The van der Waals surface area contributed by atoms with E-state index >= 15 is 0 Å². The number of urea groups is 1. The SMILES string of the molecule is CC(O)C1CCN(C(=O)NC2CCN(c3ccccn3)C2)CC1. The fraction of sp³-hybridized carbons (Fsp3) is 0.647. The van der Waals surface area contributed by atoms with Crippen molar-refractivity contribution in [3.8, 4) is 0 Å². The highest BCUT2D eigenvalue weighted by atomic mass is 16.3. The molecule has 0 radical (unpaired) electrons. The van der Waals surface area contributed by atoms with Gasteiger partial charge in [0.05, 0.1) is 6.10 Å². The first-order valence-corrected chi connectivity index (χ1v) is 8.53. The second kappa shape index (κ2) is 7.17. The highest BCUT2D eigenvalue weighted by molar-refractivity contribution is 5.74. The Morgan fingerprint density at radius 2 is 2.09 bits per heavy atom. The number of hydrogen-bond donors (Lipinski definition) is 2. The lowest BCUT2D eigenvalue weighted by atomic mass is 9.92. The number of piperidine rings is 1. The molecule has 3 heterocycles. The normalized spacial score (nSPS) is 23.8. The number of aliphatic hydroxyl groups excluding tert-OH is 1. The van der Waals surface area contributed by atoms with E-state index in [9.17, 15) is 9.90 Å². The summed E-state index contributed by atoms with van der Waals surface area (Å²) in [6.07, 6.45) is 4.24. The number of aliphatic hydroxyl groups is 1. The van der Waals surface area contributed by atoms with E-state index in [1.807, 2.05) is 30.0 Å². The molecule has 0 spiro atoms. The van der Waals surface area contributed by atoms with Crippen molar-refractivity contribution in [1.82, 2.24) is 15.2 Å². The number of pyridine rings is 1. The first-order valence-electron chi connectivity index (χ1n) is 8.53. The van der Waals surface area contributed by atoms with Crippen molar-refractivity contribution in [2.24, 2.45) is 5.92 Å². The van der Waals surface area contributed by atoms with Gasteiger partial charge in [0.2, 0.25) is 0 Å². The maximum absolute atomic E-state index is 12.4. The van der Waals surface area contributed by atoms with E-state index in [0.29, 0.717) is 5.92 Å². The molecule has 1 aromatic heterocycles. The number of carbonyl (C=O) groups is 1. The van der Waals surface area contributed by atoms with E-state index < -0.39 is 0 Å². The van der Waals surface area contributed by atoms with Crippen molar-refractivity contribution in [1.29, 1.82) is 0 Å². The van der Waals surface area contributed by atoms with E-state index in [0.717, 1.165) is 51.3 Å². The van der Waals surface area contributed by atoms with Crippen LogP contribution in [0.4, 0.5) is 10.6 Å². The van der Waals surface area contributed by atoms with Gasteiger partial charge < -0.3 is 20.2 Å². The number of aromatic nitrogens is 1. The summed E-state index contributed by atoms with van der Waals surface area (Å²) in [6.45, 7) is 5.04. The molecule has 6 heteroatoms. The smallest absolute Gasteiger partial charge is 0.317 e. The molecule has 2 saturated heterocycles. The number of nitrogens with zero attached hydrogens (tertiary/aromatic N) is 3.